The lowest BCUT2D eigenvalue weighted by atomic mass is 10.0. The number of benzene rings is 1. The van der Waals surface area contributed by atoms with Crippen molar-refractivity contribution in [2.45, 2.75) is 20.3 Å². The Morgan fingerprint density at radius 3 is 2.71 bits per heavy atom. The third-order valence-electron chi connectivity index (χ3n) is 2.74. The van der Waals surface area contributed by atoms with Gasteiger partial charge in [0.05, 0.1) is 0 Å². The predicted octanol–water partition coefficient (Wildman–Crippen LogP) is 1.41. The molecule has 4 nitrogen and oxygen atoms in total. The molecule has 0 spiro atoms. The molecule has 94 valence electrons. The average Bonchev–Trinajstić information content (AvgIpc) is 2.27. The Labute approximate surface area is 102 Å². The van der Waals surface area contributed by atoms with Gasteiger partial charge in [-0.25, -0.2) is 0 Å². The second-order valence-electron chi connectivity index (χ2n) is 4.04. The first-order valence-electron chi connectivity index (χ1n) is 5.85. The van der Waals surface area contributed by atoms with Crippen molar-refractivity contribution in [1.82, 2.24) is 0 Å². The van der Waals surface area contributed by atoms with E-state index in [1.165, 1.54) is 5.56 Å². The molecule has 0 aliphatic rings. The molecule has 0 unspecified atom stereocenters. The van der Waals surface area contributed by atoms with Gasteiger partial charge >= 0.3 is 5.97 Å². The number of hydrogen-bond acceptors (Lipinski definition) is 3. The highest BCUT2D eigenvalue weighted by Gasteiger charge is 2.15. The van der Waals surface area contributed by atoms with Crippen molar-refractivity contribution in [3.8, 4) is 0 Å². The summed E-state index contributed by atoms with van der Waals surface area (Å²) in [6.45, 7) is 5.07. The van der Waals surface area contributed by atoms with Gasteiger partial charge in [-0.05, 0) is 24.5 Å². The zero-order valence-corrected chi connectivity index (χ0v) is 10.4. The van der Waals surface area contributed by atoms with Crippen LogP contribution in [0.1, 0.15) is 18.1 Å². The number of hydrogen-bond donors (Lipinski definition) is 2. The molecule has 0 aromatic heterocycles. The minimum Gasteiger partial charge on any atom is -0.480 e. The molecular weight excluding hydrogens is 216 g/mol. The van der Waals surface area contributed by atoms with Gasteiger partial charge in [-0.15, -0.1) is 0 Å². The summed E-state index contributed by atoms with van der Waals surface area (Å²) < 4.78 is 0. The first kappa shape index (κ1) is 13.5. The van der Waals surface area contributed by atoms with Gasteiger partial charge in [0.15, 0.2) is 0 Å². The standard InChI is InChI=1S/C13H20N2O2/c1-3-11-6-4-5-10(2)13(11)15(8-7-14)9-12(16)17/h4-6H,3,7-9,14H2,1-2H3,(H,16,17). The molecule has 1 rings (SSSR count). The Morgan fingerprint density at radius 2 is 2.18 bits per heavy atom. The number of aliphatic carboxylic acids is 1. The highest BCUT2D eigenvalue weighted by Crippen LogP contribution is 2.25. The zero-order valence-electron chi connectivity index (χ0n) is 10.4. The predicted molar refractivity (Wildman–Crippen MR) is 69.5 cm³/mol. The maximum Gasteiger partial charge on any atom is 0.323 e. The lowest BCUT2D eigenvalue weighted by Gasteiger charge is -2.26. The van der Waals surface area contributed by atoms with Crippen molar-refractivity contribution < 1.29 is 9.90 Å². The van der Waals surface area contributed by atoms with E-state index < -0.39 is 5.97 Å². The number of carbonyl (C=O) groups is 1. The van der Waals surface area contributed by atoms with E-state index in [2.05, 4.69) is 6.92 Å². The van der Waals surface area contributed by atoms with Crippen molar-refractivity contribution in [2.24, 2.45) is 5.73 Å². The summed E-state index contributed by atoms with van der Waals surface area (Å²) in [7, 11) is 0. The van der Waals surface area contributed by atoms with Gasteiger partial charge in [-0.1, -0.05) is 25.1 Å². The molecule has 1 aromatic rings. The summed E-state index contributed by atoms with van der Waals surface area (Å²) >= 11 is 0. The van der Waals surface area contributed by atoms with Gasteiger partial charge in [0.1, 0.15) is 6.54 Å². The van der Waals surface area contributed by atoms with E-state index in [4.69, 9.17) is 10.8 Å². The number of para-hydroxylation sites is 1. The third kappa shape index (κ3) is 3.46. The topological polar surface area (TPSA) is 66.6 Å². The van der Waals surface area contributed by atoms with Crippen LogP contribution in [0.25, 0.3) is 0 Å². The molecule has 0 bridgehead atoms. The highest BCUT2D eigenvalue weighted by atomic mass is 16.4. The molecular formula is C13H20N2O2. The number of aryl methyl sites for hydroxylation is 2. The van der Waals surface area contributed by atoms with Crippen LogP contribution in [0, 0.1) is 6.92 Å². The van der Waals surface area contributed by atoms with Crippen molar-refractivity contribution in [3.63, 3.8) is 0 Å². The van der Waals surface area contributed by atoms with E-state index in [1.807, 2.05) is 30.0 Å². The summed E-state index contributed by atoms with van der Waals surface area (Å²) in [5.74, 6) is -0.830. The second kappa shape index (κ2) is 6.25. The Bertz CT molecular complexity index is 391. The molecule has 0 atom stereocenters. The number of nitrogens with two attached hydrogens (primary N) is 1. The first-order valence-corrected chi connectivity index (χ1v) is 5.85. The molecule has 0 aliphatic carbocycles. The molecule has 0 saturated carbocycles. The van der Waals surface area contributed by atoms with Crippen LogP contribution >= 0.6 is 0 Å². The molecule has 17 heavy (non-hydrogen) atoms. The lowest BCUT2D eigenvalue weighted by molar-refractivity contribution is -0.135. The van der Waals surface area contributed by atoms with Crippen LogP contribution in [0.5, 0.6) is 0 Å². The normalized spacial score (nSPS) is 10.3. The molecule has 1 aromatic carbocycles. The van der Waals surface area contributed by atoms with E-state index in [-0.39, 0.29) is 6.54 Å². The number of carboxylic acids is 1. The smallest absolute Gasteiger partial charge is 0.323 e. The fourth-order valence-corrected chi connectivity index (χ4v) is 2.05. The first-order chi connectivity index (χ1) is 8.10. The number of nitrogens with zero attached hydrogens (tertiary/aromatic N) is 1. The van der Waals surface area contributed by atoms with Gasteiger partial charge in [0.25, 0.3) is 0 Å². The number of anilines is 1. The van der Waals surface area contributed by atoms with E-state index in [0.717, 1.165) is 17.7 Å². The Balaban J connectivity index is 3.11. The van der Waals surface area contributed by atoms with Gasteiger partial charge < -0.3 is 15.7 Å². The van der Waals surface area contributed by atoms with Crippen LogP contribution in [0.2, 0.25) is 0 Å². The van der Waals surface area contributed by atoms with E-state index in [9.17, 15) is 4.79 Å². The number of rotatable bonds is 6. The van der Waals surface area contributed by atoms with Gasteiger partial charge in [-0.3, -0.25) is 4.79 Å². The monoisotopic (exact) mass is 236 g/mol. The van der Waals surface area contributed by atoms with Crippen molar-refractivity contribution in [2.75, 3.05) is 24.5 Å². The van der Waals surface area contributed by atoms with E-state index in [0.29, 0.717) is 13.1 Å². The Morgan fingerprint density at radius 1 is 1.47 bits per heavy atom. The lowest BCUT2D eigenvalue weighted by Crippen LogP contribution is -2.35. The number of carboxylic acid groups (broad SMARTS) is 1. The molecule has 0 saturated heterocycles. The maximum atomic E-state index is 10.9. The summed E-state index contributed by atoms with van der Waals surface area (Å²) in [6, 6.07) is 6.03. The van der Waals surface area contributed by atoms with Gasteiger partial charge in [0, 0.05) is 18.8 Å². The maximum absolute atomic E-state index is 10.9. The Hall–Kier alpha value is -1.55. The van der Waals surface area contributed by atoms with E-state index in [1.54, 1.807) is 0 Å². The van der Waals surface area contributed by atoms with Crippen LogP contribution in [0.4, 0.5) is 5.69 Å². The van der Waals surface area contributed by atoms with Crippen LogP contribution < -0.4 is 10.6 Å². The molecule has 0 radical (unpaired) electrons. The second-order valence-corrected chi connectivity index (χ2v) is 4.04. The van der Waals surface area contributed by atoms with Gasteiger partial charge in [-0.2, -0.15) is 0 Å². The zero-order chi connectivity index (χ0) is 12.8. The van der Waals surface area contributed by atoms with E-state index >= 15 is 0 Å². The molecule has 4 heteroatoms. The van der Waals surface area contributed by atoms with Crippen molar-refractivity contribution in [3.05, 3.63) is 29.3 Å². The van der Waals surface area contributed by atoms with Crippen molar-refractivity contribution in [1.29, 1.82) is 0 Å². The largest absolute Gasteiger partial charge is 0.480 e. The minimum absolute atomic E-state index is 0.00491. The fourth-order valence-electron chi connectivity index (χ4n) is 2.05. The fraction of sp³-hybridized carbons (Fsp3) is 0.462. The molecule has 3 N–H and O–H groups in total. The summed E-state index contributed by atoms with van der Waals surface area (Å²) in [5.41, 5.74) is 8.83. The van der Waals surface area contributed by atoms with Crippen LogP contribution in [0.15, 0.2) is 18.2 Å². The third-order valence-corrected chi connectivity index (χ3v) is 2.74. The minimum atomic E-state index is -0.830. The van der Waals surface area contributed by atoms with Crippen LogP contribution in [0.3, 0.4) is 0 Å². The molecule has 0 heterocycles. The molecule has 0 amide bonds. The SMILES string of the molecule is CCc1cccc(C)c1N(CCN)CC(=O)O. The highest BCUT2D eigenvalue weighted by molar-refractivity contribution is 5.75. The summed E-state index contributed by atoms with van der Waals surface area (Å²) in [4.78, 5) is 12.7. The van der Waals surface area contributed by atoms with Gasteiger partial charge in [0.2, 0.25) is 0 Å². The molecule has 0 aliphatic heterocycles. The van der Waals surface area contributed by atoms with Crippen molar-refractivity contribution >= 4 is 11.7 Å². The Kier molecular flexibility index (Phi) is 4.97. The average molecular weight is 236 g/mol. The molecule has 0 fully saturated rings. The van der Waals surface area contributed by atoms with Crippen LogP contribution in [-0.2, 0) is 11.2 Å². The summed E-state index contributed by atoms with van der Waals surface area (Å²) in [6.07, 6.45) is 0.887. The summed E-state index contributed by atoms with van der Waals surface area (Å²) in [5, 5.41) is 8.94. The quantitative estimate of drug-likeness (QED) is 0.783. The van der Waals surface area contributed by atoms with Crippen LogP contribution in [-0.4, -0.2) is 30.7 Å².